The molecule has 1 N–H and O–H groups in total. The fourth-order valence-corrected chi connectivity index (χ4v) is 2.24. The van der Waals surface area contributed by atoms with Gasteiger partial charge in [-0.1, -0.05) is 0 Å². The fraction of sp³-hybridized carbons (Fsp3) is 0.143. The summed E-state index contributed by atoms with van der Waals surface area (Å²) in [6.45, 7) is 0.350. The van der Waals surface area contributed by atoms with Crippen molar-refractivity contribution in [2.45, 2.75) is 6.42 Å². The van der Waals surface area contributed by atoms with Crippen molar-refractivity contribution in [3.63, 3.8) is 0 Å². The molecular formula is C14H10FNO4. The zero-order chi connectivity index (χ0) is 14.3. The lowest BCUT2D eigenvalue weighted by Crippen LogP contribution is -2.25. The van der Waals surface area contributed by atoms with E-state index in [2.05, 4.69) is 0 Å². The largest absolute Gasteiger partial charge is 0.492 e. The van der Waals surface area contributed by atoms with Crippen LogP contribution in [0, 0.1) is 5.82 Å². The van der Waals surface area contributed by atoms with Gasteiger partial charge in [-0.05, 0) is 24.3 Å². The van der Waals surface area contributed by atoms with E-state index in [4.69, 9.17) is 4.74 Å². The summed E-state index contributed by atoms with van der Waals surface area (Å²) in [5.74, 6) is -1.62. The van der Waals surface area contributed by atoms with Crippen molar-refractivity contribution in [3.8, 4) is 11.4 Å². The second-order valence-electron chi connectivity index (χ2n) is 4.41. The summed E-state index contributed by atoms with van der Waals surface area (Å²) in [5.41, 5.74) is -0.00555. The molecule has 5 nitrogen and oxygen atoms in total. The van der Waals surface area contributed by atoms with E-state index in [-0.39, 0.29) is 11.3 Å². The molecule has 1 aliphatic rings. The number of aromatic nitrogens is 1. The molecule has 2 aromatic rings. The molecule has 1 aromatic carbocycles. The highest BCUT2D eigenvalue weighted by Gasteiger charge is 2.26. The normalized spacial score (nSPS) is 12.8. The molecule has 0 unspecified atom stereocenters. The smallest absolute Gasteiger partial charge is 0.345 e. The molecule has 0 aliphatic carbocycles. The number of ether oxygens (including phenoxy) is 1. The van der Waals surface area contributed by atoms with E-state index in [9.17, 15) is 19.1 Å². The van der Waals surface area contributed by atoms with E-state index in [1.165, 1.54) is 28.8 Å². The highest BCUT2D eigenvalue weighted by molar-refractivity contribution is 5.91. The predicted molar refractivity (Wildman–Crippen MR) is 68.2 cm³/mol. The van der Waals surface area contributed by atoms with Crippen LogP contribution in [-0.2, 0) is 6.42 Å². The summed E-state index contributed by atoms with van der Waals surface area (Å²) in [6, 6.07) is 5.27. The van der Waals surface area contributed by atoms with Gasteiger partial charge in [-0.15, -0.1) is 0 Å². The number of aromatic carboxylic acids is 1. The maximum absolute atomic E-state index is 12.9. The number of rotatable bonds is 2. The zero-order valence-corrected chi connectivity index (χ0v) is 10.3. The van der Waals surface area contributed by atoms with Crippen LogP contribution >= 0.6 is 0 Å². The van der Waals surface area contributed by atoms with Crippen molar-refractivity contribution in [1.29, 1.82) is 0 Å². The highest BCUT2D eigenvalue weighted by atomic mass is 19.1. The lowest BCUT2D eigenvalue weighted by Gasteiger charge is -2.10. The van der Waals surface area contributed by atoms with Gasteiger partial charge in [0.25, 0.3) is 5.56 Å². The Balaban J connectivity index is 2.27. The summed E-state index contributed by atoms with van der Waals surface area (Å²) < 4.78 is 19.4. The molecule has 0 saturated carbocycles. The van der Waals surface area contributed by atoms with Crippen LogP contribution in [0.5, 0.6) is 5.75 Å². The van der Waals surface area contributed by atoms with Crippen molar-refractivity contribution in [2.75, 3.05) is 6.61 Å². The van der Waals surface area contributed by atoms with Crippen LogP contribution in [0.2, 0.25) is 0 Å². The van der Waals surface area contributed by atoms with Crippen LogP contribution in [0.4, 0.5) is 4.39 Å². The molecule has 1 aliphatic heterocycles. The van der Waals surface area contributed by atoms with E-state index in [0.29, 0.717) is 24.3 Å². The van der Waals surface area contributed by atoms with Crippen molar-refractivity contribution >= 4 is 5.97 Å². The summed E-state index contributed by atoms with van der Waals surface area (Å²) in [5, 5.41) is 9.19. The monoisotopic (exact) mass is 275 g/mol. The number of nitrogens with zero attached hydrogens (tertiary/aromatic N) is 1. The predicted octanol–water partition coefficient (Wildman–Crippen LogP) is 1.61. The van der Waals surface area contributed by atoms with Crippen molar-refractivity contribution in [2.24, 2.45) is 0 Å². The third-order valence-electron chi connectivity index (χ3n) is 3.17. The third-order valence-corrected chi connectivity index (χ3v) is 3.17. The molecule has 0 bridgehead atoms. The number of hydrogen-bond donors (Lipinski definition) is 1. The molecule has 0 fully saturated rings. The molecule has 20 heavy (non-hydrogen) atoms. The van der Waals surface area contributed by atoms with Crippen LogP contribution in [0.25, 0.3) is 5.69 Å². The first-order valence-corrected chi connectivity index (χ1v) is 5.98. The molecule has 0 saturated heterocycles. The van der Waals surface area contributed by atoms with Gasteiger partial charge in [-0.25, -0.2) is 9.18 Å². The first-order valence-electron chi connectivity index (χ1n) is 5.98. The quantitative estimate of drug-likeness (QED) is 0.904. The lowest BCUT2D eigenvalue weighted by atomic mass is 10.1. The Labute approximate surface area is 112 Å². The van der Waals surface area contributed by atoms with Gasteiger partial charge in [0.2, 0.25) is 0 Å². The van der Waals surface area contributed by atoms with Gasteiger partial charge in [0.05, 0.1) is 6.61 Å². The summed E-state index contributed by atoms with van der Waals surface area (Å²) in [4.78, 5) is 23.5. The Hall–Kier alpha value is -2.63. The summed E-state index contributed by atoms with van der Waals surface area (Å²) in [7, 11) is 0. The van der Waals surface area contributed by atoms with Crippen LogP contribution < -0.4 is 10.3 Å². The Morgan fingerprint density at radius 1 is 1.30 bits per heavy atom. The standard InChI is InChI=1S/C14H10FNO4/c15-9-1-3-10(4-2-9)16-7-8-5-6-20-12(8)11(13(16)17)14(18)19/h1-4,7H,5-6H2,(H,18,19). The van der Waals surface area contributed by atoms with Gasteiger partial charge < -0.3 is 9.84 Å². The number of carboxylic acid groups (broad SMARTS) is 1. The number of halogens is 1. The van der Waals surface area contributed by atoms with Crippen molar-refractivity contribution < 1.29 is 19.0 Å². The molecule has 1 aromatic heterocycles. The van der Waals surface area contributed by atoms with Gasteiger partial charge >= 0.3 is 5.97 Å². The van der Waals surface area contributed by atoms with E-state index in [0.717, 1.165) is 0 Å². The second-order valence-corrected chi connectivity index (χ2v) is 4.41. The molecule has 2 heterocycles. The van der Waals surface area contributed by atoms with Crippen LogP contribution in [0.1, 0.15) is 15.9 Å². The Morgan fingerprint density at radius 2 is 2.00 bits per heavy atom. The van der Waals surface area contributed by atoms with Crippen LogP contribution in [-0.4, -0.2) is 22.2 Å². The average molecular weight is 275 g/mol. The maximum Gasteiger partial charge on any atom is 0.345 e. The Kier molecular flexibility index (Phi) is 2.78. The average Bonchev–Trinajstić information content (AvgIpc) is 2.86. The van der Waals surface area contributed by atoms with Crippen LogP contribution in [0.3, 0.4) is 0 Å². The van der Waals surface area contributed by atoms with E-state index < -0.39 is 17.3 Å². The first-order chi connectivity index (χ1) is 9.58. The second kappa shape index (κ2) is 4.48. The number of benzene rings is 1. The molecule has 0 spiro atoms. The minimum atomic E-state index is -1.33. The van der Waals surface area contributed by atoms with Gasteiger partial charge in [0, 0.05) is 23.9 Å². The summed E-state index contributed by atoms with van der Waals surface area (Å²) in [6.07, 6.45) is 2.08. The molecule has 3 rings (SSSR count). The number of fused-ring (bicyclic) bond motifs is 1. The van der Waals surface area contributed by atoms with Crippen LogP contribution in [0.15, 0.2) is 35.3 Å². The molecule has 0 atom stereocenters. The summed E-state index contributed by atoms with van der Waals surface area (Å²) >= 11 is 0. The SMILES string of the molecule is O=C(O)c1c2c(cn(-c3ccc(F)cc3)c1=O)CCO2. The topological polar surface area (TPSA) is 68.5 Å². The first kappa shape index (κ1) is 12.4. The van der Waals surface area contributed by atoms with Gasteiger partial charge in [0.1, 0.15) is 11.6 Å². The fourth-order valence-electron chi connectivity index (χ4n) is 2.24. The molecule has 102 valence electrons. The number of pyridine rings is 1. The lowest BCUT2D eigenvalue weighted by molar-refractivity contribution is 0.0690. The number of hydrogen-bond acceptors (Lipinski definition) is 3. The van der Waals surface area contributed by atoms with E-state index >= 15 is 0 Å². The maximum atomic E-state index is 12.9. The Morgan fingerprint density at radius 3 is 2.65 bits per heavy atom. The molecule has 0 amide bonds. The van der Waals surface area contributed by atoms with E-state index in [1.54, 1.807) is 6.20 Å². The minimum absolute atomic E-state index is 0.140. The zero-order valence-electron chi connectivity index (χ0n) is 10.3. The number of carbonyl (C=O) groups is 1. The highest BCUT2D eigenvalue weighted by Crippen LogP contribution is 2.28. The van der Waals surface area contributed by atoms with Gasteiger partial charge in [-0.3, -0.25) is 9.36 Å². The van der Waals surface area contributed by atoms with Crippen molar-refractivity contribution in [3.05, 3.63) is 57.8 Å². The number of carboxylic acids is 1. The Bertz CT molecular complexity index is 749. The molecule has 0 radical (unpaired) electrons. The third kappa shape index (κ3) is 1.85. The molecular weight excluding hydrogens is 265 g/mol. The van der Waals surface area contributed by atoms with Crippen molar-refractivity contribution in [1.82, 2.24) is 4.57 Å². The van der Waals surface area contributed by atoms with Gasteiger partial charge in [0.15, 0.2) is 5.56 Å². The minimum Gasteiger partial charge on any atom is -0.492 e. The molecule has 6 heteroatoms. The van der Waals surface area contributed by atoms with Gasteiger partial charge in [-0.2, -0.15) is 0 Å². The van der Waals surface area contributed by atoms with E-state index in [1.807, 2.05) is 0 Å².